The standard InChI is InChI=1S/C56H34N4O3S/c61-64(62)54-23-11-9-21-45(54)42-19-7-6-17-40(42)39-16-4-5-18-41(39)43-26-24-36(29-46(43)48-30-53-47(31-55(48)64)44-20-8-10-22-52(44)63-53)56-59-50(35-13-2-1-3-14-35)32-51(60-56)38-25-27-49(58-34-38)37-15-12-28-57-33-37/h1-34H. The van der Waals surface area contributed by atoms with Crippen LogP contribution < -0.4 is 0 Å². The molecular formula is C56H34N4O3S. The van der Waals surface area contributed by atoms with E-state index >= 15 is 8.42 Å². The first-order chi connectivity index (χ1) is 31.5. The van der Waals surface area contributed by atoms with Gasteiger partial charge in [0.2, 0.25) is 9.84 Å². The van der Waals surface area contributed by atoms with E-state index in [0.717, 1.165) is 66.7 Å². The zero-order valence-electron chi connectivity index (χ0n) is 34.1. The zero-order valence-corrected chi connectivity index (χ0v) is 34.9. The van der Waals surface area contributed by atoms with Gasteiger partial charge < -0.3 is 4.42 Å². The Balaban J connectivity index is 1.15. The van der Waals surface area contributed by atoms with E-state index in [4.69, 9.17) is 19.4 Å². The van der Waals surface area contributed by atoms with Gasteiger partial charge in [-0.15, -0.1) is 0 Å². The summed E-state index contributed by atoms with van der Waals surface area (Å²) in [5, 5.41) is 1.56. The van der Waals surface area contributed by atoms with Crippen LogP contribution in [0.25, 0.3) is 112 Å². The van der Waals surface area contributed by atoms with Gasteiger partial charge >= 0.3 is 0 Å². The molecule has 0 fully saturated rings. The first-order valence-electron chi connectivity index (χ1n) is 20.9. The maximum Gasteiger partial charge on any atom is 0.207 e. The number of fused-ring (bicyclic) bond motifs is 12. The van der Waals surface area contributed by atoms with E-state index in [1.807, 2.05) is 152 Å². The Morgan fingerprint density at radius 1 is 0.375 bits per heavy atom. The smallest absolute Gasteiger partial charge is 0.207 e. The second-order valence-corrected chi connectivity index (χ2v) is 17.7. The van der Waals surface area contributed by atoms with Gasteiger partial charge in [-0.05, 0) is 94.0 Å². The SMILES string of the molecule is O=S1(=O)c2ccccc2-c2ccccc2-c2ccccc2-c2ccc(-c3nc(-c4ccccc4)cc(-c4ccc(-c5cccnc5)nc4)n3)cc2-c2cc3oc4ccccc4c3cc21. The van der Waals surface area contributed by atoms with Crippen LogP contribution in [-0.4, -0.2) is 28.4 Å². The third-order valence-electron chi connectivity index (χ3n) is 12.0. The summed E-state index contributed by atoms with van der Waals surface area (Å²) >= 11 is 0. The fourth-order valence-corrected chi connectivity index (χ4v) is 10.7. The highest BCUT2D eigenvalue weighted by molar-refractivity contribution is 7.91. The minimum atomic E-state index is -4.20. The molecule has 7 nitrogen and oxygen atoms in total. The Labute approximate surface area is 369 Å². The van der Waals surface area contributed by atoms with Crippen molar-refractivity contribution in [1.82, 2.24) is 19.9 Å². The highest BCUT2D eigenvalue weighted by atomic mass is 32.2. The van der Waals surface area contributed by atoms with Crippen molar-refractivity contribution in [1.29, 1.82) is 0 Å². The summed E-state index contributed by atoms with van der Waals surface area (Å²) in [6, 6.07) is 61.0. The lowest BCUT2D eigenvalue weighted by atomic mass is 9.86. The Hall–Kier alpha value is -8.33. The normalized spacial score (nSPS) is 12.6. The van der Waals surface area contributed by atoms with Crippen LogP contribution in [0.5, 0.6) is 0 Å². The molecule has 8 heteroatoms. The van der Waals surface area contributed by atoms with Crippen LogP contribution in [0.15, 0.2) is 221 Å². The number of aromatic nitrogens is 4. The molecule has 7 aromatic carbocycles. The molecule has 0 unspecified atom stereocenters. The highest BCUT2D eigenvalue weighted by Gasteiger charge is 2.31. The molecule has 11 aromatic rings. The number of rotatable bonds is 4. The number of pyridine rings is 2. The fourth-order valence-electron chi connectivity index (χ4n) is 8.98. The Morgan fingerprint density at radius 3 is 1.70 bits per heavy atom. The van der Waals surface area contributed by atoms with Gasteiger partial charge in [0.1, 0.15) is 11.2 Å². The third kappa shape index (κ3) is 6.22. The number of benzene rings is 7. The molecule has 302 valence electrons. The number of furan rings is 1. The van der Waals surface area contributed by atoms with Crippen LogP contribution in [0.1, 0.15) is 0 Å². The average molecular weight is 843 g/mol. The molecule has 0 bridgehead atoms. The van der Waals surface area contributed by atoms with Crippen LogP contribution >= 0.6 is 0 Å². The summed E-state index contributed by atoms with van der Waals surface area (Å²) in [7, 11) is -4.20. The zero-order chi connectivity index (χ0) is 42.8. The number of nitrogens with zero attached hydrogens (tertiary/aromatic N) is 4. The van der Waals surface area contributed by atoms with E-state index < -0.39 is 9.84 Å². The molecule has 4 aromatic heterocycles. The van der Waals surface area contributed by atoms with E-state index in [9.17, 15) is 0 Å². The summed E-state index contributed by atoms with van der Waals surface area (Å²) in [6.07, 6.45) is 5.36. The summed E-state index contributed by atoms with van der Waals surface area (Å²) in [6.45, 7) is 0. The Morgan fingerprint density at radius 2 is 0.984 bits per heavy atom. The van der Waals surface area contributed by atoms with Crippen molar-refractivity contribution in [3.63, 3.8) is 0 Å². The second kappa shape index (κ2) is 14.9. The number of sulfone groups is 1. The fraction of sp³-hybridized carbons (Fsp3) is 0. The Kier molecular flexibility index (Phi) is 8.74. The largest absolute Gasteiger partial charge is 0.456 e. The molecule has 5 heterocycles. The monoisotopic (exact) mass is 842 g/mol. The average Bonchev–Trinajstić information content (AvgIpc) is 3.73. The molecule has 0 aliphatic carbocycles. The maximum absolute atomic E-state index is 15.6. The minimum absolute atomic E-state index is 0.175. The second-order valence-electron chi connectivity index (χ2n) is 15.8. The van der Waals surface area contributed by atoms with Crippen molar-refractivity contribution in [2.45, 2.75) is 9.79 Å². The predicted molar refractivity (Wildman–Crippen MR) is 254 cm³/mol. The molecule has 0 N–H and O–H groups in total. The van der Waals surface area contributed by atoms with Crippen molar-refractivity contribution in [3.05, 3.63) is 207 Å². The molecule has 0 amide bonds. The summed E-state index contributed by atoms with van der Waals surface area (Å²) in [5.41, 5.74) is 13.2. The summed E-state index contributed by atoms with van der Waals surface area (Å²) < 4.78 is 37.8. The van der Waals surface area contributed by atoms with Crippen molar-refractivity contribution >= 4 is 31.8 Å². The van der Waals surface area contributed by atoms with Gasteiger partial charge in [-0.1, -0.05) is 127 Å². The van der Waals surface area contributed by atoms with E-state index in [1.54, 1.807) is 30.6 Å². The van der Waals surface area contributed by atoms with Crippen molar-refractivity contribution < 1.29 is 12.8 Å². The van der Waals surface area contributed by atoms with Gasteiger partial charge in [0.15, 0.2) is 5.82 Å². The van der Waals surface area contributed by atoms with Gasteiger partial charge in [0, 0.05) is 62.7 Å². The molecule has 0 saturated carbocycles. The molecule has 64 heavy (non-hydrogen) atoms. The van der Waals surface area contributed by atoms with E-state index in [0.29, 0.717) is 44.9 Å². The van der Waals surface area contributed by atoms with Gasteiger partial charge in [-0.25, -0.2) is 18.4 Å². The Bertz CT molecular complexity index is 3740. The highest BCUT2D eigenvalue weighted by Crippen LogP contribution is 2.49. The quantitative estimate of drug-likeness (QED) is 0.174. The van der Waals surface area contributed by atoms with E-state index in [2.05, 4.69) is 29.2 Å². The number of para-hydroxylation sites is 1. The summed E-state index contributed by atoms with van der Waals surface area (Å²) in [4.78, 5) is 19.9. The molecule has 0 spiro atoms. The van der Waals surface area contributed by atoms with Crippen molar-refractivity contribution in [2.24, 2.45) is 0 Å². The van der Waals surface area contributed by atoms with Gasteiger partial charge in [0.05, 0.1) is 26.9 Å². The van der Waals surface area contributed by atoms with Gasteiger partial charge in [-0.3, -0.25) is 9.97 Å². The first-order valence-corrected chi connectivity index (χ1v) is 22.4. The minimum Gasteiger partial charge on any atom is -0.456 e. The lowest BCUT2D eigenvalue weighted by molar-refractivity contribution is 0.596. The summed E-state index contributed by atoms with van der Waals surface area (Å²) in [5.74, 6) is 0.475. The van der Waals surface area contributed by atoms with Gasteiger partial charge in [-0.2, -0.15) is 0 Å². The molecule has 0 radical (unpaired) electrons. The third-order valence-corrected chi connectivity index (χ3v) is 13.9. The van der Waals surface area contributed by atoms with Crippen LogP contribution in [0.4, 0.5) is 0 Å². The lowest BCUT2D eigenvalue weighted by Gasteiger charge is -2.18. The molecular weight excluding hydrogens is 809 g/mol. The molecule has 0 saturated heterocycles. The van der Waals surface area contributed by atoms with E-state index in [-0.39, 0.29) is 9.79 Å². The van der Waals surface area contributed by atoms with E-state index in [1.165, 1.54) is 0 Å². The van der Waals surface area contributed by atoms with Crippen molar-refractivity contribution in [3.8, 4) is 89.7 Å². The molecule has 1 aliphatic heterocycles. The van der Waals surface area contributed by atoms with Crippen LogP contribution in [0.2, 0.25) is 0 Å². The molecule has 12 rings (SSSR count). The van der Waals surface area contributed by atoms with Crippen LogP contribution in [0.3, 0.4) is 0 Å². The number of hydrogen-bond donors (Lipinski definition) is 0. The molecule has 1 aliphatic rings. The topological polar surface area (TPSA) is 98.8 Å². The van der Waals surface area contributed by atoms with Crippen LogP contribution in [0, 0.1) is 0 Å². The van der Waals surface area contributed by atoms with Crippen molar-refractivity contribution in [2.75, 3.05) is 0 Å². The predicted octanol–water partition coefficient (Wildman–Crippen LogP) is 13.6. The van der Waals surface area contributed by atoms with Crippen LogP contribution in [-0.2, 0) is 9.84 Å². The molecule has 0 atom stereocenters. The van der Waals surface area contributed by atoms with Gasteiger partial charge in [0.25, 0.3) is 0 Å². The first kappa shape index (κ1) is 37.4. The number of hydrogen-bond acceptors (Lipinski definition) is 7. The maximum atomic E-state index is 15.6. The lowest BCUT2D eigenvalue weighted by Crippen LogP contribution is -2.06.